The predicted molar refractivity (Wildman–Crippen MR) is 118 cm³/mol. The van der Waals surface area contributed by atoms with Crippen molar-refractivity contribution in [3.05, 3.63) is 35.9 Å². The van der Waals surface area contributed by atoms with E-state index in [4.69, 9.17) is 10.7 Å². The van der Waals surface area contributed by atoms with Gasteiger partial charge in [0.1, 0.15) is 11.9 Å². The van der Waals surface area contributed by atoms with Crippen LogP contribution in [0.15, 0.2) is 35.3 Å². The maximum atomic E-state index is 6.28. The van der Waals surface area contributed by atoms with E-state index < -0.39 is 0 Å². The quantitative estimate of drug-likeness (QED) is 0.746. The lowest BCUT2D eigenvalue weighted by Gasteiger charge is -2.40. The summed E-state index contributed by atoms with van der Waals surface area (Å²) in [6.07, 6.45) is 6.55. The van der Waals surface area contributed by atoms with E-state index in [1.807, 2.05) is 6.21 Å². The van der Waals surface area contributed by atoms with Crippen LogP contribution >= 0.6 is 0 Å². The van der Waals surface area contributed by atoms with Crippen molar-refractivity contribution in [3.8, 4) is 0 Å². The molecule has 0 radical (unpaired) electrons. The minimum atomic E-state index is -0.0435. The van der Waals surface area contributed by atoms with Crippen molar-refractivity contribution in [2.24, 2.45) is 10.7 Å². The van der Waals surface area contributed by atoms with Crippen molar-refractivity contribution in [3.63, 3.8) is 0 Å². The fourth-order valence-electron chi connectivity index (χ4n) is 4.77. The Morgan fingerprint density at radius 3 is 2.72 bits per heavy atom. The fraction of sp³-hybridized carbons (Fsp3) is 0.545. The molecule has 2 fully saturated rings. The van der Waals surface area contributed by atoms with Gasteiger partial charge in [0, 0.05) is 43.9 Å². The third-order valence-corrected chi connectivity index (χ3v) is 6.68. The Labute approximate surface area is 172 Å². The lowest BCUT2D eigenvalue weighted by Crippen LogP contribution is -2.53. The molecule has 1 aromatic heterocycles. The van der Waals surface area contributed by atoms with Crippen LogP contribution < -0.4 is 16.0 Å². The van der Waals surface area contributed by atoms with Crippen LogP contribution in [0.25, 0.3) is 0 Å². The number of anilines is 2. The summed E-state index contributed by atoms with van der Waals surface area (Å²) in [6.45, 7) is 6.13. The summed E-state index contributed by atoms with van der Waals surface area (Å²) in [6, 6.07) is 10.8. The average Bonchev–Trinajstić information content (AvgIpc) is 3.18. The molecule has 0 amide bonds. The highest BCUT2D eigenvalue weighted by Crippen LogP contribution is 2.39. The number of nitrogens with one attached hydrogen (secondary N) is 2. The number of likely N-dealkylation sites (tertiary alicyclic amines) is 1. The molecule has 0 aliphatic carbocycles. The number of H-pyrrole nitrogens is 1. The third kappa shape index (κ3) is 3.76. The van der Waals surface area contributed by atoms with Gasteiger partial charge in [-0.05, 0) is 38.2 Å². The van der Waals surface area contributed by atoms with Gasteiger partial charge in [-0.25, -0.2) is 4.99 Å². The highest BCUT2D eigenvalue weighted by atomic mass is 15.4. The zero-order valence-electron chi connectivity index (χ0n) is 17.1. The molecule has 3 aliphatic rings. The number of aromatic amines is 1. The van der Waals surface area contributed by atoms with E-state index >= 15 is 0 Å². The molecule has 4 heterocycles. The molecule has 5 rings (SSSR count). The van der Waals surface area contributed by atoms with Crippen LogP contribution in [0.5, 0.6) is 0 Å². The number of aliphatic imine (C=N–C) groups is 1. The van der Waals surface area contributed by atoms with Gasteiger partial charge in [0.15, 0.2) is 11.6 Å². The van der Waals surface area contributed by atoms with Gasteiger partial charge in [0.2, 0.25) is 0 Å². The lowest BCUT2D eigenvalue weighted by atomic mass is 9.90. The molecular formula is C22H31N7. The summed E-state index contributed by atoms with van der Waals surface area (Å²) in [5, 5.41) is 11.4. The zero-order chi connectivity index (χ0) is 19.8. The summed E-state index contributed by atoms with van der Waals surface area (Å²) < 4.78 is 0. The maximum Gasteiger partial charge on any atom is 0.178 e. The molecule has 1 aromatic carbocycles. The topological polar surface area (TPSA) is 85.6 Å². The first kappa shape index (κ1) is 18.6. The molecule has 4 N–H and O–H groups in total. The van der Waals surface area contributed by atoms with E-state index in [1.54, 1.807) is 0 Å². The number of hydrogen-bond donors (Lipinski definition) is 3. The Kier molecular flexibility index (Phi) is 4.80. The average molecular weight is 394 g/mol. The minimum absolute atomic E-state index is 0.0435. The Balaban J connectivity index is 1.29. The van der Waals surface area contributed by atoms with Gasteiger partial charge in [-0.3, -0.25) is 10.00 Å². The molecule has 29 heavy (non-hydrogen) atoms. The smallest absolute Gasteiger partial charge is 0.178 e. The standard InChI is InChI=1S/C22H31N7/c1-22(23)9-12-28(13-10-22)18-14-24-19-20(25-18)26-27-21(19)29-11-5-8-17(15-29)16-6-3-2-4-7-16/h2-4,6-7,14,17-18H,5,8-13,15,23H2,1H3,(H2,25,26,27). The van der Waals surface area contributed by atoms with Crippen molar-refractivity contribution >= 4 is 23.5 Å². The Morgan fingerprint density at radius 1 is 1.14 bits per heavy atom. The van der Waals surface area contributed by atoms with Crippen molar-refractivity contribution in [1.82, 2.24) is 15.1 Å². The summed E-state index contributed by atoms with van der Waals surface area (Å²) in [7, 11) is 0. The lowest BCUT2D eigenvalue weighted by molar-refractivity contribution is 0.163. The van der Waals surface area contributed by atoms with Crippen LogP contribution in [0.1, 0.15) is 44.1 Å². The molecule has 2 saturated heterocycles. The molecule has 0 spiro atoms. The molecular weight excluding hydrogens is 362 g/mol. The normalized spacial score (nSPS) is 26.8. The van der Waals surface area contributed by atoms with E-state index in [0.717, 1.165) is 56.3 Å². The highest BCUT2D eigenvalue weighted by molar-refractivity contribution is 5.87. The molecule has 0 saturated carbocycles. The predicted octanol–water partition coefficient (Wildman–Crippen LogP) is 3.06. The second-order valence-corrected chi connectivity index (χ2v) is 9.02. The number of piperidine rings is 2. The number of rotatable bonds is 3. The Bertz CT molecular complexity index is 863. The third-order valence-electron chi connectivity index (χ3n) is 6.68. The largest absolute Gasteiger partial charge is 0.353 e. The number of nitrogens with two attached hydrogens (primary N) is 1. The van der Waals surface area contributed by atoms with E-state index in [9.17, 15) is 0 Å². The first-order valence-electron chi connectivity index (χ1n) is 10.8. The number of fused-ring (bicyclic) bond motifs is 1. The van der Waals surface area contributed by atoms with Crippen molar-refractivity contribution < 1.29 is 0 Å². The first-order chi connectivity index (χ1) is 14.1. The molecule has 2 atom stereocenters. The van der Waals surface area contributed by atoms with Crippen LogP contribution in [-0.4, -0.2) is 59.2 Å². The minimum Gasteiger partial charge on any atom is -0.353 e. The molecule has 3 aliphatic heterocycles. The van der Waals surface area contributed by atoms with Gasteiger partial charge < -0.3 is 16.0 Å². The summed E-state index contributed by atoms with van der Waals surface area (Å²) >= 11 is 0. The molecule has 0 bridgehead atoms. The van der Waals surface area contributed by atoms with Crippen LogP contribution in [0.4, 0.5) is 17.3 Å². The fourth-order valence-corrected chi connectivity index (χ4v) is 4.77. The molecule has 2 unspecified atom stereocenters. The van der Waals surface area contributed by atoms with Crippen LogP contribution in [0.3, 0.4) is 0 Å². The number of hydrogen-bond acceptors (Lipinski definition) is 6. The summed E-state index contributed by atoms with van der Waals surface area (Å²) in [4.78, 5) is 9.62. The second kappa shape index (κ2) is 7.46. The van der Waals surface area contributed by atoms with Crippen LogP contribution in [0.2, 0.25) is 0 Å². The Hall–Kier alpha value is -2.38. The highest BCUT2D eigenvalue weighted by Gasteiger charge is 2.32. The Morgan fingerprint density at radius 2 is 1.93 bits per heavy atom. The van der Waals surface area contributed by atoms with Crippen molar-refractivity contribution in [1.29, 1.82) is 0 Å². The van der Waals surface area contributed by atoms with Crippen molar-refractivity contribution in [2.45, 2.75) is 50.2 Å². The van der Waals surface area contributed by atoms with E-state index in [1.165, 1.54) is 18.4 Å². The molecule has 2 aromatic rings. The monoisotopic (exact) mass is 393 g/mol. The second-order valence-electron chi connectivity index (χ2n) is 9.02. The number of aromatic nitrogens is 2. The van der Waals surface area contributed by atoms with E-state index in [2.05, 4.69) is 62.6 Å². The molecule has 7 nitrogen and oxygen atoms in total. The number of nitrogens with zero attached hydrogens (tertiary/aromatic N) is 4. The summed E-state index contributed by atoms with van der Waals surface area (Å²) in [5.74, 6) is 2.44. The van der Waals surface area contributed by atoms with Gasteiger partial charge in [-0.15, -0.1) is 0 Å². The van der Waals surface area contributed by atoms with Gasteiger partial charge >= 0.3 is 0 Å². The van der Waals surface area contributed by atoms with Crippen molar-refractivity contribution in [2.75, 3.05) is 36.4 Å². The molecule has 7 heteroatoms. The first-order valence-corrected chi connectivity index (χ1v) is 10.8. The number of benzene rings is 1. The SMILES string of the molecule is CC1(N)CCN(C2C=Nc3c(N4CCCC(c5ccccc5)C4)n[nH]c3N2)CC1. The van der Waals surface area contributed by atoms with Gasteiger partial charge in [0.25, 0.3) is 0 Å². The summed E-state index contributed by atoms with van der Waals surface area (Å²) in [5.41, 5.74) is 8.60. The van der Waals surface area contributed by atoms with Gasteiger partial charge in [0.05, 0.1) is 0 Å². The van der Waals surface area contributed by atoms with E-state index in [0.29, 0.717) is 5.92 Å². The zero-order valence-corrected chi connectivity index (χ0v) is 17.1. The maximum absolute atomic E-state index is 6.28. The van der Waals surface area contributed by atoms with Crippen LogP contribution in [0, 0.1) is 0 Å². The van der Waals surface area contributed by atoms with Gasteiger partial charge in [-0.1, -0.05) is 30.3 Å². The van der Waals surface area contributed by atoms with E-state index in [-0.39, 0.29) is 11.7 Å². The van der Waals surface area contributed by atoms with Crippen LogP contribution in [-0.2, 0) is 0 Å². The molecule has 154 valence electrons. The van der Waals surface area contributed by atoms with Gasteiger partial charge in [-0.2, -0.15) is 5.10 Å².